The molecule has 2 heterocycles. The van der Waals surface area contributed by atoms with E-state index in [2.05, 4.69) is 15.3 Å². The predicted octanol–water partition coefficient (Wildman–Crippen LogP) is 2.48. The topological polar surface area (TPSA) is 77.0 Å². The first-order valence-electron chi connectivity index (χ1n) is 5.09. The van der Waals surface area contributed by atoms with Crippen molar-refractivity contribution in [1.29, 1.82) is 0 Å². The molecule has 0 aliphatic carbocycles. The molecule has 0 saturated heterocycles. The number of hydrogen-bond acceptors (Lipinski definition) is 6. The lowest BCUT2D eigenvalue weighted by Crippen LogP contribution is -1.97. The molecule has 0 fully saturated rings. The quantitative estimate of drug-likeness (QED) is 0.694. The lowest BCUT2D eigenvalue weighted by Gasteiger charge is -1.96. The second kappa shape index (κ2) is 4.06. The van der Waals surface area contributed by atoms with E-state index < -0.39 is 0 Å². The van der Waals surface area contributed by atoms with E-state index in [-0.39, 0.29) is 0 Å². The zero-order valence-corrected chi connectivity index (χ0v) is 9.70. The smallest absolute Gasteiger partial charge is 0.296 e. The molecule has 5 nitrogen and oxygen atoms in total. The molecule has 3 aromatic rings. The summed E-state index contributed by atoms with van der Waals surface area (Å²) in [6, 6.07) is 5.97. The highest BCUT2D eigenvalue weighted by molar-refractivity contribution is 7.09. The molecule has 0 aliphatic rings. The monoisotopic (exact) mass is 246 g/mol. The Kier molecular flexibility index (Phi) is 2.41. The van der Waals surface area contributed by atoms with Crippen molar-refractivity contribution < 1.29 is 4.42 Å². The van der Waals surface area contributed by atoms with Crippen molar-refractivity contribution in [1.82, 2.24) is 9.97 Å². The van der Waals surface area contributed by atoms with E-state index in [1.807, 2.05) is 18.3 Å². The van der Waals surface area contributed by atoms with Crippen molar-refractivity contribution in [2.75, 3.05) is 11.1 Å². The van der Waals surface area contributed by atoms with Crippen LogP contribution in [0.3, 0.4) is 0 Å². The Morgan fingerprint density at radius 2 is 2.35 bits per heavy atom. The summed E-state index contributed by atoms with van der Waals surface area (Å²) in [5.74, 6) is 0. The molecular weight excluding hydrogens is 236 g/mol. The Labute approximate surface area is 101 Å². The number of nitrogens with one attached hydrogen (secondary N) is 1. The van der Waals surface area contributed by atoms with Gasteiger partial charge < -0.3 is 15.5 Å². The minimum absolute atomic E-state index is 0.478. The maximum absolute atomic E-state index is 5.80. The molecule has 6 heteroatoms. The number of para-hydroxylation sites is 1. The molecular formula is C11H10N4OS. The third-order valence-corrected chi connectivity index (χ3v) is 3.13. The van der Waals surface area contributed by atoms with E-state index in [0.717, 1.165) is 4.88 Å². The molecule has 0 amide bonds. The van der Waals surface area contributed by atoms with E-state index >= 15 is 0 Å². The van der Waals surface area contributed by atoms with Gasteiger partial charge in [-0.1, -0.05) is 6.07 Å². The molecule has 0 radical (unpaired) electrons. The van der Waals surface area contributed by atoms with Gasteiger partial charge in [0.15, 0.2) is 5.58 Å². The Balaban J connectivity index is 1.84. The standard InChI is InChI=1S/C11H10N4OS/c12-8-2-1-3-9-10(8)15-11(16-9)14-5-7-4-13-6-17-7/h1-4,6H,5,12H2,(H,14,15). The third-order valence-electron chi connectivity index (χ3n) is 2.35. The van der Waals surface area contributed by atoms with Gasteiger partial charge in [-0.2, -0.15) is 4.98 Å². The average Bonchev–Trinajstić information content (AvgIpc) is 2.95. The van der Waals surface area contributed by atoms with Crippen LogP contribution in [0.1, 0.15) is 4.88 Å². The summed E-state index contributed by atoms with van der Waals surface area (Å²) in [5.41, 5.74) is 9.60. The average molecular weight is 246 g/mol. The summed E-state index contributed by atoms with van der Waals surface area (Å²) < 4.78 is 5.53. The number of rotatable bonds is 3. The number of fused-ring (bicyclic) bond motifs is 1. The molecule has 0 bridgehead atoms. The predicted molar refractivity (Wildman–Crippen MR) is 67.9 cm³/mol. The van der Waals surface area contributed by atoms with Crippen LogP contribution in [0.15, 0.2) is 34.3 Å². The fourth-order valence-electron chi connectivity index (χ4n) is 1.54. The summed E-state index contributed by atoms with van der Waals surface area (Å²) in [5, 5.41) is 3.10. The van der Waals surface area contributed by atoms with Crippen LogP contribution < -0.4 is 11.1 Å². The second-order valence-electron chi connectivity index (χ2n) is 3.53. The van der Waals surface area contributed by atoms with Gasteiger partial charge in [-0.15, -0.1) is 11.3 Å². The minimum Gasteiger partial charge on any atom is -0.423 e. The SMILES string of the molecule is Nc1cccc2oc(NCc3cncs3)nc12. The van der Waals surface area contributed by atoms with Crippen LogP contribution in [0.25, 0.3) is 11.1 Å². The minimum atomic E-state index is 0.478. The van der Waals surface area contributed by atoms with Crippen molar-refractivity contribution in [3.8, 4) is 0 Å². The number of benzene rings is 1. The van der Waals surface area contributed by atoms with E-state index in [9.17, 15) is 0 Å². The summed E-state index contributed by atoms with van der Waals surface area (Å²) in [6.45, 7) is 0.650. The number of nitrogens with two attached hydrogens (primary N) is 1. The van der Waals surface area contributed by atoms with Gasteiger partial charge in [0, 0.05) is 11.1 Å². The van der Waals surface area contributed by atoms with E-state index in [1.165, 1.54) is 0 Å². The van der Waals surface area contributed by atoms with Gasteiger partial charge in [0.05, 0.1) is 17.7 Å². The van der Waals surface area contributed by atoms with Crippen molar-refractivity contribution in [2.24, 2.45) is 0 Å². The highest BCUT2D eigenvalue weighted by atomic mass is 32.1. The highest BCUT2D eigenvalue weighted by Crippen LogP contribution is 2.23. The van der Waals surface area contributed by atoms with Gasteiger partial charge in [-0.3, -0.25) is 4.98 Å². The number of anilines is 2. The van der Waals surface area contributed by atoms with Crippen molar-refractivity contribution in [3.63, 3.8) is 0 Å². The number of aromatic nitrogens is 2. The Bertz CT molecular complexity index is 632. The van der Waals surface area contributed by atoms with E-state index in [4.69, 9.17) is 10.2 Å². The molecule has 0 saturated carbocycles. The van der Waals surface area contributed by atoms with Gasteiger partial charge in [-0.05, 0) is 12.1 Å². The fourth-order valence-corrected chi connectivity index (χ4v) is 2.07. The van der Waals surface area contributed by atoms with E-state index in [0.29, 0.717) is 29.3 Å². The first-order chi connectivity index (χ1) is 8.33. The van der Waals surface area contributed by atoms with Crippen LogP contribution in [0, 0.1) is 0 Å². The fraction of sp³-hybridized carbons (Fsp3) is 0.0909. The number of nitrogens with zero attached hydrogens (tertiary/aromatic N) is 2. The van der Waals surface area contributed by atoms with Crippen LogP contribution in [0.4, 0.5) is 11.7 Å². The Morgan fingerprint density at radius 1 is 1.41 bits per heavy atom. The molecule has 0 aliphatic heterocycles. The first kappa shape index (κ1) is 10.1. The number of thiazole rings is 1. The third kappa shape index (κ3) is 1.94. The Hall–Kier alpha value is -2.08. The number of oxazole rings is 1. The number of nitrogen functional groups attached to an aromatic ring is 1. The van der Waals surface area contributed by atoms with Crippen LogP contribution in [-0.4, -0.2) is 9.97 Å². The molecule has 1 aromatic carbocycles. The second-order valence-corrected chi connectivity index (χ2v) is 4.51. The van der Waals surface area contributed by atoms with Crippen LogP contribution in [0.2, 0.25) is 0 Å². The zero-order chi connectivity index (χ0) is 11.7. The van der Waals surface area contributed by atoms with Crippen molar-refractivity contribution in [2.45, 2.75) is 6.54 Å². The van der Waals surface area contributed by atoms with Gasteiger partial charge in [0.2, 0.25) is 0 Å². The van der Waals surface area contributed by atoms with Gasteiger partial charge in [-0.25, -0.2) is 0 Å². The lowest BCUT2D eigenvalue weighted by atomic mass is 10.3. The molecule has 17 heavy (non-hydrogen) atoms. The highest BCUT2D eigenvalue weighted by Gasteiger charge is 2.07. The Morgan fingerprint density at radius 3 is 3.12 bits per heavy atom. The van der Waals surface area contributed by atoms with Crippen molar-refractivity contribution in [3.05, 3.63) is 34.8 Å². The van der Waals surface area contributed by atoms with Crippen molar-refractivity contribution >= 4 is 34.1 Å². The summed E-state index contributed by atoms with van der Waals surface area (Å²) in [7, 11) is 0. The molecule has 3 rings (SSSR count). The normalized spacial score (nSPS) is 10.8. The summed E-state index contributed by atoms with van der Waals surface area (Å²) in [4.78, 5) is 9.42. The lowest BCUT2D eigenvalue weighted by molar-refractivity contribution is 0.615. The maximum Gasteiger partial charge on any atom is 0.296 e. The molecule has 86 valence electrons. The number of hydrogen-bond donors (Lipinski definition) is 2. The largest absolute Gasteiger partial charge is 0.423 e. The molecule has 0 atom stereocenters. The van der Waals surface area contributed by atoms with Gasteiger partial charge in [0.25, 0.3) is 6.01 Å². The molecule has 2 aromatic heterocycles. The molecule has 0 spiro atoms. The van der Waals surface area contributed by atoms with Crippen LogP contribution in [-0.2, 0) is 6.54 Å². The molecule has 3 N–H and O–H groups in total. The summed E-state index contributed by atoms with van der Waals surface area (Å²) >= 11 is 1.58. The maximum atomic E-state index is 5.80. The van der Waals surface area contributed by atoms with Crippen LogP contribution in [0.5, 0.6) is 0 Å². The zero-order valence-electron chi connectivity index (χ0n) is 8.88. The summed E-state index contributed by atoms with van der Waals surface area (Å²) in [6.07, 6.45) is 1.81. The van der Waals surface area contributed by atoms with Gasteiger partial charge in [0.1, 0.15) is 5.52 Å². The first-order valence-corrected chi connectivity index (χ1v) is 5.97. The molecule has 0 unspecified atom stereocenters. The van der Waals surface area contributed by atoms with Gasteiger partial charge >= 0.3 is 0 Å². The van der Waals surface area contributed by atoms with Crippen LogP contribution >= 0.6 is 11.3 Å². The van der Waals surface area contributed by atoms with E-state index in [1.54, 1.807) is 22.9 Å².